The number of halogens is 1. The van der Waals surface area contributed by atoms with Crippen LogP contribution in [0, 0.1) is 0 Å². The van der Waals surface area contributed by atoms with E-state index in [-0.39, 0.29) is 16.3 Å². The van der Waals surface area contributed by atoms with Crippen LogP contribution in [0.4, 0.5) is 5.69 Å². The van der Waals surface area contributed by atoms with Gasteiger partial charge in [0.25, 0.3) is 0 Å². The second kappa shape index (κ2) is 5.07. The van der Waals surface area contributed by atoms with E-state index in [2.05, 4.69) is 4.98 Å². The van der Waals surface area contributed by atoms with Crippen LogP contribution in [0.15, 0.2) is 41.6 Å². The SMILES string of the molecule is CS(=O)(=O)c1cccc(Oc2cncc(Cl)c2)c1N. The summed E-state index contributed by atoms with van der Waals surface area (Å²) < 4.78 is 28.6. The molecular formula is C12H11ClN2O3S. The standard InChI is InChI=1S/C12H11ClN2O3S/c1-19(16,17)11-4-2-3-10(12(11)14)18-9-5-8(13)6-15-7-9/h2-7H,14H2,1H3. The van der Waals surface area contributed by atoms with E-state index in [1.165, 1.54) is 18.5 Å². The highest BCUT2D eigenvalue weighted by Crippen LogP contribution is 2.32. The summed E-state index contributed by atoms with van der Waals surface area (Å²) in [6, 6.07) is 6.11. The van der Waals surface area contributed by atoms with Crippen molar-refractivity contribution in [1.82, 2.24) is 4.98 Å². The zero-order valence-corrected chi connectivity index (χ0v) is 11.6. The zero-order chi connectivity index (χ0) is 14.0. The molecule has 0 spiro atoms. The van der Waals surface area contributed by atoms with Gasteiger partial charge in [0.15, 0.2) is 15.6 Å². The molecule has 1 aromatic carbocycles. The fraction of sp³-hybridized carbons (Fsp3) is 0.0833. The molecule has 1 aromatic heterocycles. The second-order valence-electron chi connectivity index (χ2n) is 3.88. The van der Waals surface area contributed by atoms with E-state index in [0.717, 1.165) is 6.26 Å². The van der Waals surface area contributed by atoms with Crippen molar-refractivity contribution in [3.8, 4) is 11.5 Å². The number of hydrogen-bond donors (Lipinski definition) is 1. The van der Waals surface area contributed by atoms with Crippen molar-refractivity contribution in [2.24, 2.45) is 0 Å². The molecule has 100 valence electrons. The van der Waals surface area contributed by atoms with Gasteiger partial charge in [0.2, 0.25) is 0 Å². The summed E-state index contributed by atoms with van der Waals surface area (Å²) in [5, 5.41) is 0.412. The van der Waals surface area contributed by atoms with Crippen molar-refractivity contribution in [2.75, 3.05) is 12.0 Å². The Balaban J connectivity index is 2.42. The van der Waals surface area contributed by atoms with E-state index in [4.69, 9.17) is 22.1 Å². The monoisotopic (exact) mass is 298 g/mol. The smallest absolute Gasteiger partial charge is 0.177 e. The lowest BCUT2D eigenvalue weighted by atomic mass is 10.3. The number of sulfone groups is 1. The fourth-order valence-corrected chi connectivity index (χ4v) is 2.50. The number of hydrogen-bond acceptors (Lipinski definition) is 5. The molecule has 0 radical (unpaired) electrons. The lowest BCUT2D eigenvalue weighted by Gasteiger charge is -2.10. The molecule has 0 saturated carbocycles. The first-order chi connectivity index (χ1) is 8.88. The third-order valence-corrected chi connectivity index (χ3v) is 3.69. The Morgan fingerprint density at radius 1 is 1.32 bits per heavy atom. The minimum atomic E-state index is -3.40. The number of rotatable bonds is 3. The van der Waals surface area contributed by atoms with Crippen LogP contribution in [-0.2, 0) is 9.84 Å². The van der Waals surface area contributed by atoms with Crippen LogP contribution in [0.25, 0.3) is 0 Å². The van der Waals surface area contributed by atoms with Gasteiger partial charge in [-0.3, -0.25) is 4.98 Å². The fourth-order valence-electron chi connectivity index (χ4n) is 1.51. The first-order valence-corrected chi connectivity index (χ1v) is 7.52. The van der Waals surface area contributed by atoms with Gasteiger partial charge >= 0.3 is 0 Å². The summed E-state index contributed by atoms with van der Waals surface area (Å²) in [5.74, 6) is 0.622. The topological polar surface area (TPSA) is 82.3 Å². The highest BCUT2D eigenvalue weighted by molar-refractivity contribution is 7.90. The number of para-hydroxylation sites is 1. The molecule has 0 aliphatic carbocycles. The van der Waals surface area contributed by atoms with Gasteiger partial charge in [-0.15, -0.1) is 0 Å². The minimum Gasteiger partial charge on any atom is -0.453 e. The molecular weight excluding hydrogens is 288 g/mol. The van der Waals surface area contributed by atoms with Crippen LogP contribution >= 0.6 is 11.6 Å². The Morgan fingerprint density at radius 2 is 2.05 bits per heavy atom. The largest absolute Gasteiger partial charge is 0.453 e. The first kappa shape index (κ1) is 13.6. The van der Waals surface area contributed by atoms with Gasteiger partial charge in [0.1, 0.15) is 5.75 Å². The van der Waals surface area contributed by atoms with Crippen molar-refractivity contribution in [1.29, 1.82) is 0 Å². The van der Waals surface area contributed by atoms with Crippen LogP contribution in [0.5, 0.6) is 11.5 Å². The van der Waals surface area contributed by atoms with Gasteiger partial charge in [0.05, 0.1) is 21.8 Å². The molecule has 0 atom stereocenters. The van der Waals surface area contributed by atoms with E-state index in [1.807, 2.05) is 0 Å². The summed E-state index contributed by atoms with van der Waals surface area (Å²) in [4.78, 5) is 3.89. The summed E-state index contributed by atoms with van der Waals surface area (Å²) >= 11 is 5.79. The van der Waals surface area contributed by atoms with Gasteiger partial charge in [0, 0.05) is 18.5 Å². The Labute approximate surface area is 115 Å². The van der Waals surface area contributed by atoms with Crippen molar-refractivity contribution in [3.63, 3.8) is 0 Å². The van der Waals surface area contributed by atoms with Crippen LogP contribution in [-0.4, -0.2) is 19.7 Å². The average molecular weight is 299 g/mol. The van der Waals surface area contributed by atoms with Crippen LogP contribution in [0.2, 0.25) is 5.02 Å². The molecule has 7 heteroatoms. The van der Waals surface area contributed by atoms with Crippen molar-refractivity contribution in [2.45, 2.75) is 4.90 Å². The minimum absolute atomic E-state index is 0.0278. The number of nitrogen functional groups attached to an aromatic ring is 1. The number of nitrogens with zero attached hydrogens (tertiary/aromatic N) is 1. The molecule has 2 aromatic rings. The Morgan fingerprint density at radius 3 is 2.68 bits per heavy atom. The molecule has 0 aliphatic heterocycles. The van der Waals surface area contributed by atoms with E-state index in [0.29, 0.717) is 10.8 Å². The van der Waals surface area contributed by atoms with E-state index >= 15 is 0 Å². The van der Waals surface area contributed by atoms with E-state index < -0.39 is 9.84 Å². The second-order valence-corrected chi connectivity index (χ2v) is 6.30. The maximum Gasteiger partial charge on any atom is 0.177 e. The third kappa shape index (κ3) is 3.15. The van der Waals surface area contributed by atoms with Gasteiger partial charge in [-0.25, -0.2) is 8.42 Å². The Bertz CT molecular complexity index is 717. The van der Waals surface area contributed by atoms with E-state index in [1.54, 1.807) is 18.2 Å². The van der Waals surface area contributed by atoms with Crippen LogP contribution in [0.1, 0.15) is 0 Å². The molecule has 5 nitrogen and oxygen atoms in total. The van der Waals surface area contributed by atoms with Crippen molar-refractivity contribution < 1.29 is 13.2 Å². The number of nitrogens with two attached hydrogens (primary N) is 1. The summed E-state index contributed by atoms with van der Waals surface area (Å²) in [5.41, 5.74) is 5.86. The molecule has 0 fully saturated rings. The molecule has 0 unspecified atom stereocenters. The molecule has 0 bridgehead atoms. The highest BCUT2D eigenvalue weighted by Gasteiger charge is 2.15. The molecule has 19 heavy (non-hydrogen) atoms. The quantitative estimate of drug-likeness (QED) is 0.880. The van der Waals surface area contributed by atoms with Crippen molar-refractivity contribution in [3.05, 3.63) is 41.7 Å². The normalized spacial score (nSPS) is 11.3. The molecule has 2 N–H and O–H groups in total. The molecule has 2 rings (SSSR count). The van der Waals surface area contributed by atoms with Crippen molar-refractivity contribution >= 4 is 27.1 Å². The molecule has 0 amide bonds. The van der Waals surface area contributed by atoms with Gasteiger partial charge < -0.3 is 10.5 Å². The zero-order valence-electron chi connectivity index (χ0n) is 10.00. The van der Waals surface area contributed by atoms with Crippen LogP contribution in [0.3, 0.4) is 0 Å². The molecule has 0 saturated heterocycles. The number of benzene rings is 1. The highest BCUT2D eigenvalue weighted by atomic mass is 35.5. The predicted molar refractivity (Wildman–Crippen MR) is 73.3 cm³/mol. The van der Waals surface area contributed by atoms with E-state index in [9.17, 15) is 8.42 Å². The molecule has 0 aliphatic rings. The summed E-state index contributed by atoms with van der Waals surface area (Å²) in [6.45, 7) is 0. The molecule has 1 heterocycles. The predicted octanol–water partition coefficient (Wildman–Crippen LogP) is 2.51. The summed E-state index contributed by atoms with van der Waals surface area (Å²) in [6.07, 6.45) is 4.01. The first-order valence-electron chi connectivity index (χ1n) is 5.25. The van der Waals surface area contributed by atoms with Gasteiger partial charge in [-0.2, -0.15) is 0 Å². The number of ether oxygens (including phenoxy) is 1. The third-order valence-electron chi connectivity index (χ3n) is 2.33. The van der Waals surface area contributed by atoms with Gasteiger partial charge in [-0.05, 0) is 12.1 Å². The Hall–Kier alpha value is -1.79. The Kier molecular flexibility index (Phi) is 3.64. The lowest BCUT2D eigenvalue weighted by Crippen LogP contribution is -2.03. The summed E-state index contributed by atoms with van der Waals surface area (Å²) in [7, 11) is -3.40. The van der Waals surface area contributed by atoms with Gasteiger partial charge in [-0.1, -0.05) is 17.7 Å². The number of pyridine rings is 1. The maximum atomic E-state index is 11.5. The average Bonchev–Trinajstić information content (AvgIpc) is 2.30. The lowest BCUT2D eigenvalue weighted by molar-refractivity contribution is 0.481. The maximum absolute atomic E-state index is 11.5. The number of anilines is 1. The van der Waals surface area contributed by atoms with Crippen LogP contribution < -0.4 is 10.5 Å². The number of aromatic nitrogens is 1.